The number of nitrogens with zero attached hydrogens (tertiary/aromatic N) is 4. The van der Waals surface area contributed by atoms with Gasteiger partial charge in [0.1, 0.15) is 11.8 Å². The van der Waals surface area contributed by atoms with Crippen LogP contribution in [-0.4, -0.2) is 38.5 Å². The van der Waals surface area contributed by atoms with Gasteiger partial charge in [0.05, 0.1) is 19.3 Å². The van der Waals surface area contributed by atoms with Crippen molar-refractivity contribution in [3.63, 3.8) is 0 Å². The molecule has 1 aliphatic rings. The van der Waals surface area contributed by atoms with E-state index in [0.29, 0.717) is 18.8 Å². The first-order valence-corrected chi connectivity index (χ1v) is 8.93. The van der Waals surface area contributed by atoms with Gasteiger partial charge in [-0.05, 0) is 36.2 Å². The van der Waals surface area contributed by atoms with Gasteiger partial charge in [-0.3, -0.25) is 4.68 Å². The lowest BCUT2D eigenvalue weighted by Gasteiger charge is -2.09. The van der Waals surface area contributed by atoms with Crippen molar-refractivity contribution in [3.8, 4) is 11.1 Å². The smallest absolute Gasteiger partial charge is 0.407 e. The van der Waals surface area contributed by atoms with Crippen molar-refractivity contribution in [1.82, 2.24) is 25.1 Å². The van der Waals surface area contributed by atoms with Crippen LogP contribution >= 0.6 is 0 Å². The van der Waals surface area contributed by atoms with Crippen LogP contribution < -0.4 is 10.6 Å². The van der Waals surface area contributed by atoms with E-state index in [4.69, 9.17) is 4.74 Å². The molecule has 0 radical (unpaired) electrons. The van der Waals surface area contributed by atoms with E-state index >= 15 is 0 Å². The Morgan fingerprint density at radius 2 is 2.21 bits per heavy atom. The normalized spacial score (nSPS) is 16.0. The topological polar surface area (TPSA) is 94.0 Å². The standard InChI is InChI=1S/C19H18F2N6O2/c1-11-4-12(13-7-24-27(9-13)10-15-8-23-19(28)29-15)6-14(5-11)25-18-22-3-2-16(26-18)17(20)21/h2-7,9,15,17H,8,10H2,1H3,(H,23,28)(H,22,25,26)/t15-/m0/s1. The molecule has 1 atom stereocenters. The summed E-state index contributed by atoms with van der Waals surface area (Å²) >= 11 is 0. The van der Waals surface area contributed by atoms with Crippen LogP contribution in [0.1, 0.15) is 17.7 Å². The number of hydrogen-bond acceptors (Lipinski definition) is 6. The van der Waals surface area contributed by atoms with E-state index in [0.717, 1.165) is 16.7 Å². The molecule has 0 spiro atoms. The van der Waals surface area contributed by atoms with E-state index in [1.54, 1.807) is 10.9 Å². The fourth-order valence-electron chi connectivity index (χ4n) is 3.06. The van der Waals surface area contributed by atoms with Gasteiger partial charge in [-0.2, -0.15) is 5.10 Å². The molecule has 1 saturated heterocycles. The second-order valence-corrected chi connectivity index (χ2v) is 6.68. The first-order valence-electron chi connectivity index (χ1n) is 8.93. The minimum Gasteiger partial charge on any atom is -0.442 e. The molecule has 0 bridgehead atoms. The fraction of sp³-hybridized carbons (Fsp3) is 0.263. The first kappa shape index (κ1) is 18.8. The van der Waals surface area contributed by atoms with Crippen LogP contribution in [0.2, 0.25) is 0 Å². The predicted octanol–water partition coefficient (Wildman–Crippen LogP) is 3.44. The summed E-state index contributed by atoms with van der Waals surface area (Å²) in [7, 11) is 0. The van der Waals surface area contributed by atoms with Crippen LogP contribution in [0.15, 0.2) is 42.9 Å². The number of alkyl carbamates (subject to hydrolysis) is 1. The summed E-state index contributed by atoms with van der Waals surface area (Å²) in [5.74, 6) is 0.102. The number of benzene rings is 1. The van der Waals surface area contributed by atoms with Crippen LogP contribution in [0.4, 0.5) is 25.2 Å². The number of amides is 1. The maximum Gasteiger partial charge on any atom is 0.407 e. The lowest BCUT2D eigenvalue weighted by Crippen LogP contribution is -2.20. The number of nitrogens with one attached hydrogen (secondary N) is 2. The summed E-state index contributed by atoms with van der Waals surface area (Å²) in [6, 6.07) is 6.91. The van der Waals surface area contributed by atoms with Crippen molar-refractivity contribution in [3.05, 3.63) is 54.1 Å². The largest absolute Gasteiger partial charge is 0.442 e. The first-order chi connectivity index (χ1) is 14.0. The highest BCUT2D eigenvalue weighted by molar-refractivity contribution is 5.70. The Bertz CT molecular complexity index is 1040. The minimum absolute atomic E-state index is 0.102. The molecule has 1 aliphatic heterocycles. The number of carbonyl (C=O) groups excluding carboxylic acids is 1. The number of rotatable bonds is 6. The number of aryl methyl sites for hydroxylation is 1. The van der Waals surface area contributed by atoms with Crippen LogP contribution in [0.3, 0.4) is 0 Å². The van der Waals surface area contributed by atoms with Gasteiger partial charge in [0.2, 0.25) is 5.95 Å². The van der Waals surface area contributed by atoms with Crippen molar-refractivity contribution < 1.29 is 18.3 Å². The molecule has 2 N–H and O–H groups in total. The van der Waals surface area contributed by atoms with Crippen molar-refractivity contribution in [2.45, 2.75) is 26.0 Å². The van der Waals surface area contributed by atoms with Crippen molar-refractivity contribution in [2.24, 2.45) is 0 Å². The minimum atomic E-state index is -2.66. The Hall–Kier alpha value is -3.56. The van der Waals surface area contributed by atoms with Gasteiger partial charge in [-0.1, -0.05) is 6.07 Å². The van der Waals surface area contributed by atoms with E-state index < -0.39 is 12.5 Å². The van der Waals surface area contributed by atoms with Gasteiger partial charge >= 0.3 is 6.09 Å². The Kier molecular flexibility index (Phi) is 5.07. The van der Waals surface area contributed by atoms with E-state index in [1.165, 1.54) is 12.3 Å². The highest BCUT2D eigenvalue weighted by Crippen LogP contribution is 2.26. The third-order valence-electron chi connectivity index (χ3n) is 4.34. The van der Waals surface area contributed by atoms with Gasteiger partial charge in [0, 0.05) is 23.6 Å². The molecule has 0 aliphatic carbocycles. The molecule has 4 rings (SSSR count). The lowest BCUT2D eigenvalue weighted by atomic mass is 10.1. The Morgan fingerprint density at radius 3 is 2.97 bits per heavy atom. The summed E-state index contributed by atoms with van der Waals surface area (Å²) in [4.78, 5) is 19.0. The van der Waals surface area contributed by atoms with E-state index in [-0.39, 0.29) is 17.7 Å². The molecule has 1 amide bonds. The molecule has 3 heterocycles. The van der Waals surface area contributed by atoms with Gasteiger partial charge in [0.25, 0.3) is 6.43 Å². The molecule has 1 aromatic carbocycles. The molecule has 2 aromatic heterocycles. The lowest BCUT2D eigenvalue weighted by molar-refractivity contribution is 0.129. The number of ether oxygens (including phenoxy) is 1. The number of carbonyl (C=O) groups is 1. The molecule has 1 fully saturated rings. The zero-order valence-electron chi connectivity index (χ0n) is 15.5. The molecule has 29 heavy (non-hydrogen) atoms. The zero-order valence-corrected chi connectivity index (χ0v) is 15.5. The van der Waals surface area contributed by atoms with Crippen LogP contribution in [0, 0.1) is 6.92 Å². The average molecular weight is 400 g/mol. The fourth-order valence-corrected chi connectivity index (χ4v) is 3.06. The summed E-state index contributed by atoms with van der Waals surface area (Å²) in [5, 5.41) is 9.90. The van der Waals surface area contributed by atoms with Crippen LogP contribution in [0.5, 0.6) is 0 Å². The molecule has 0 unspecified atom stereocenters. The SMILES string of the molecule is Cc1cc(Nc2nccc(C(F)F)n2)cc(-c2cnn(C[C@@H]3CNC(=O)O3)c2)c1. The van der Waals surface area contributed by atoms with Gasteiger partial charge in [-0.15, -0.1) is 0 Å². The number of aromatic nitrogens is 4. The summed E-state index contributed by atoms with van der Waals surface area (Å²) in [5.41, 5.74) is 3.07. The molecular weight excluding hydrogens is 382 g/mol. The van der Waals surface area contributed by atoms with Crippen LogP contribution in [0.25, 0.3) is 11.1 Å². The maximum atomic E-state index is 12.8. The highest BCUT2D eigenvalue weighted by Gasteiger charge is 2.23. The molecule has 8 nitrogen and oxygen atoms in total. The molecular formula is C19H18F2N6O2. The van der Waals surface area contributed by atoms with Gasteiger partial charge < -0.3 is 15.4 Å². The van der Waals surface area contributed by atoms with E-state index in [2.05, 4.69) is 25.7 Å². The van der Waals surface area contributed by atoms with Crippen molar-refractivity contribution in [2.75, 3.05) is 11.9 Å². The van der Waals surface area contributed by atoms with E-state index in [9.17, 15) is 13.6 Å². The molecule has 3 aromatic rings. The predicted molar refractivity (Wildman–Crippen MR) is 101 cm³/mol. The van der Waals surface area contributed by atoms with Gasteiger partial charge in [-0.25, -0.2) is 23.5 Å². The van der Waals surface area contributed by atoms with Crippen molar-refractivity contribution in [1.29, 1.82) is 0 Å². The third-order valence-corrected chi connectivity index (χ3v) is 4.34. The maximum absolute atomic E-state index is 12.8. The third kappa shape index (κ3) is 4.48. The van der Waals surface area contributed by atoms with Crippen molar-refractivity contribution >= 4 is 17.7 Å². The number of hydrogen-bond donors (Lipinski definition) is 2. The molecule has 0 saturated carbocycles. The Morgan fingerprint density at radius 1 is 1.34 bits per heavy atom. The highest BCUT2D eigenvalue weighted by atomic mass is 19.3. The number of alkyl halides is 2. The van der Waals surface area contributed by atoms with E-state index in [1.807, 2.05) is 31.3 Å². The monoisotopic (exact) mass is 400 g/mol. The Balaban J connectivity index is 1.53. The number of anilines is 2. The summed E-state index contributed by atoms with van der Waals surface area (Å²) in [6.45, 7) is 2.83. The zero-order chi connectivity index (χ0) is 20.4. The quantitative estimate of drug-likeness (QED) is 0.658. The average Bonchev–Trinajstić information content (AvgIpc) is 3.31. The Labute approximate surface area is 164 Å². The summed E-state index contributed by atoms with van der Waals surface area (Å²) < 4.78 is 32.5. The second kappa shape index (κ2) is 7.82. The van der Waals surface area contributed by atoms with Gasteiger partial charge in [0.15, 0.2) is 0 Å². The second-order valence-electron chi connectivity index (χ2n) is 6.68. The number of halogens is 2. The summed E-state index contributed by atoms with van der Waals surface area (Å²) in [6.07, 6.45) is 1.53. The molecule has 150 valence electrons. The number of cyclic esters (lactones) is 1. The van der Waals surface area contributed by atoms with Crippen LogP contribution in [-0.2, 0) is 11.3 Å². The molecule has 10 heteroatoms.